The van der Waals surface area contributed by atoms with Gasteiger partial charge in [0.15, 0.2) is 0 Å². The molecule has 9 nitrogen and oxygen atoms in total. The van der Waals surface area contributed by atoms with Gasteiger partial charge in [-0.1, -0.05) is 12.1 Å². The van der Waals surface area contributed by atoms with Gasteiger partial charge in [0.25, 0.3) is 5.91 Å². The third kappa shape index (κ3) is 6.68. The molecule has 2 fully saturated rings. The Labute approximate surface area is 199 Å². The topological polar surface area (TPSA) is 104 Å². The molecule has 3 amide bonds. The first-order valence-electron chi connectivity index (χ1n) is 11.9. The number of hydrogen-bond acceptors (Lipinski definition) is 6. The van der Waals surface area contributed by atoms with Gasteiger partial charge in [-0.05, 0) is 36.6 Å². The number of likely N-dealkylation sites (tertiary alicyclic amines) is 1. The van der Waals surface area contributed by atoms with Crippen molar-refractivity contribution < 1.29 is 23.5 Å². The average Bonchev–Trinajstić information content (AvgIpc) is 3.42. The van der Waals surface area contributed by atoms with Gasteiger partial charge in [-0.2, -0.15) is 0 Å². The van der Waals surface area contributed by atoms with Crippen LogP contribution in [0.25, 0.3) is 0 Å². The van der Waals surface area contributed by atoms with E-state index in [4.69, 9.17) is 9.15 Å². The second-order valence-corrected chi connectivity index (χ2v) is 8.75. The van der Waals surface area contributed by atoms with Crippen LogP contribution < -0.4 is 10.6 Å². The molecule has 0 unspecified atom stereocenters. The van der Waals surface area contributed by atoms with Crippen LogP contribution in [0.5, 0.6) is 0 Å². The standard InChI is InChI=1S/C25H32N4O5/c30-23(6-8-28-11-14-33-15-12-28)27-22-3-1-2-19(16-22)17-26-24(31)20-4-9-29(10-5-20)25(32)21-7-13-34-18-21/h1-3,7,13,16,18,20H,4-6,8-12,14-15,17H2,(H,26,31)(H,27,30). The van der Waals surface area contributed by atoms with Gasteiger partial charge in [0.1, 0.15) is 6.26 Å². The molecule has 3 heterocycles. The monoisotopic (exact) mass is 468 g/mol. The second kappa shape index (κ2) is 11.8. The maximum absolute atomic E-state index is 12.7. The van der Waals surface area contributed by atoms with Crippen LogP contribution in [-0.4, -0.2) is 73.5 Å². The molecule has 0 spiro atoms. The van der Waals surface area contributed by atoms with Gasteiger partial charge in [-0.3, -0.25) is 19.3 Å². The zero-order valence-electron chi connectivity index (χ0n) is 19.3. The van der Waals surface area contributed by atoms with Crippen LogP contribution in [-0.2, 0) is 20.9 Å². The Bertz CT molecular complexity index is 963. The van der Waals surface area contributed by atoms with Crippen molar-refractivity contribution in [2.24, 2.45) is 5.92 Å². The second-order valence-electron chi connectivity index (χ2n) is 8.75. The molecule has 2 aliphatic heterocycles. The minimum atomic E-state index is -0.114. The Morgan fingerprint density at radius 2 is 1.82 bits per heavy atom. The van der Waals surface area contributed by atoms with Crippen molar-refractivity contribution in [1.29, 1.82) is 0 Å². The Morgan fingerprint density at radius 1 is 1.03 bits per heavy atom. The smallest absolute Gasteiger partial charge is 0.257 e. The van der Waals surface area contributed by atoms with Crippen LogP contribution in [0.4, 0.5) is 5.69 Å². The number of benzene rings is 1. The molecule has 182 valence electrons. The number of piperidine rings is 1. The summed E-state index contributed by atoms with van der Waals surface area (Å²) in [6, 6.07) is 9.19. The fraction of sp³-hybridized carbons (Fsp3) is 0.480. The molecule has 2 saturated heterocycles. The normalized spacial score (nSPS) is 17.4. The van der Waals surface area contributed by atoms with Gasteiger partial charge >= 0.3 is 0 Å². The number of ether oxygens (including phenoxy) is 1. The number of morpholine rings is 1. The third-order valence-corrected chi connectivity index (χ3v) is 6.36. The van der Waals surface area contributed by atoms with Gasteiger partial charge in [0, 0.05) is 57.3 Å². The number of anilines is 1. The highest BCUT2D eigenvalue weighted by atomic mass is 16.5. The number of hydrogen-bond donors (Lipinski definition) is 2. The summed E-state index contributed by atoms with van der Waals surface area (Å²) in [6.07, 6.45) is 4.63. The molecule has 0 saturated carbocycles. The lowest BCUT2D eigenvalue weighted by Gasteiger charge is -2.31. The summed E-state index contributed by atoms with van der Waals surface area (Å²) in [6.45, 7) is 5.38. The van der Waals surface area contributed by atoms with E-state index in [0.29, 0.717) is 44.5 Å². The maximum Gasteiger partial charge on any atom is 0.257 e. The number of nitrogens with zero attached hydrogens (tertiary/aromatic N) is 2. The molecule has 0 aliphatic carbocycles. The van der Waals surface area contributed by atoms with Crippen LogP contribution in [0.1, 0.15) is 35.2 Å². The highest BCUT2D eigenvalue weighted by molar-refractivity contribution is 5.94. The molecule has 0 atom stereocenters. The first-order valence-corrected chi connectivity index (χ1v) is 11.9. The van der Waals surface area contributed by atoms with Gasteiger partial charge in [-0.15, -0.1) is 0 Å². The molecule has 2 aliphatic rings. The summed E-state index contributed by atoms with van der Waals surface area (Å²) in [5, 5.41) is 5.95. The summed E-state index contributed by atoms with van der Waals surface area (Å²) in [4.78, 5) is 41.4. The predicted molar refractivity (Wildman–Crippen MR) is 126 cm³/mol. The van der Waals surface area contributed by atoms with E-state index in [1.807, 2.05) is 24.3 Å². The Kier molecular flexibility index (Phi) is 8.32. The van der Waals surface area contributed by atoms with E-state index in [2.05, 4.69) is 15.5 Å². The summed E-state index contributed by atoms with van der Waals surface area (Å²) in [7, 11) is 0. The Balaban J connectivity index is 1.18. The number of rotatable bonds is 8. The zero-order valence-corrected chi connectivity index (χ0v) is 19.3. The van der Waals surface area contributed by atoms with E-state index in [0.717, 1.165) is 44.1 Å². The summed E-state index contributed by atoms with van der Waals surface area (Å²) < 4.78 is 10.3. The first-order chi connectivity index (χ1) is 16.6. The predicted octanol–water partition coefficient (Wildman–Crippen LogP) is 2.11. The fourth-order valence-electron chi connectivity index (χ4n) is 4.31. The van der Waals surface area contributed by atoms with E-state index in [1.54, 1.807) is 11.0 Å². The molecule has 4 rings (SSSR count). The molecule has 34 heavy (non-hydrogen) atoms. The van der Waals surface area contributed by atoms with E-state index in [-0.39, 0.29) is 23.6 Å². The van der Waals surface area contributed by atoms with Gasteiger partial charge in [0.2, 0.25) is 11.8 Å². The van der Waals surface area contributed by atoms with E-state index in [9.17, 15) is 14.4 Å². The molecular weight excluding hydrogens is 436 g/mol. The minimum Gasteiger partial charge on any atom is -0.472 e. The van der Waals surface area contributed by atoms with E-state index < -0.39 is 0 Å². The lowest BCUT2D eigenvalue weighted by molar-refractivity contribution is -0.126. The molecule has 1 aromatic carbocycles. The number of nitrogens with one attached hydrogen (secondary N) is 2. The highest BCUT2D eigenvalue weighted by Gasteiger charge is 2.28. The number of amides is 3. The Hall–Kier alpha value is -3.17. The molecule has 0 radical (unpaired) electrons. The molecule has 0 bridgehead atoms. The van der Waals surface area contributed by atoms with Crippen molar-refractivity contribution in [2.75, 3.05) is 51.3 Å². The SMILES string of the molecule is O=C(CCN1CCOCC1)Nc1cccc(CNC(=O)C2CCN(C(=O)c3ccoc3)CC2)c1. The van der Waals surface area contributed by atoms with Crippen LogP contribution >= 0.6 is 0 Å². The Morgan fingerprint density at radius 3 is 2.56 bits per heavy atom. The van der Waals surface area contributed by atoms with Crippen molar-refractivity contribution in [3.05, 3.63) is 54.0 Å². The molecule has 1 aromatic heterocycles. The number of carbonyl (C=O) groups is 3. The van der Waals surface area contributed by atoms with E-state index in [1.165, 1.54) is 12.5 Å². The van der Waals surface area contributed by atoms with Crippen LogP contribution in [0.15, 0.2) is 47.3 Å². The molecule has 2 aromatic rings. The van der Waals surface area contributed by atoms with Crippen molar-refractivity contribution >= 4 is 23.4 Å². The minimum absolute atomic E-state index is 0.00430. The van der Waals surface area contributed by atoms with Crippen LogP contribution in [0, 0.1) is 5.92 Å². The average molecular weight is 469 g/mol. The number of carbonyl (C=O) groups excluding carboxylic acids is 3. The number of furan rings is 1. The molecule has 2 N–H and O–H groups in total. The van der Waals surface area contributed by atoms with Gasteiger partial charge in [0.05, 0.1) is 25.0 Å². The molecular formula is C25H32N4O5. The first kappa shape index (κ1) is 24.0. The van der Waals surface area contributed by atoms with E-state index >= 15 is 0 Å². The summed E-state index contributed by atoms with van der Waals surface area (Å²) >= 11 is 0. The van der Waals surface area contributed by atoms with Crippen LogP contribution in [0.3, 0.4) is 0 Å². The van der Waals surface area contributed by atoms with Crippen molar-refractivity contribution in [2.45, 2.75) is 25.8 Å². The quantitative estimate of drug-likeness (QED) is 0.615. The third-order valence-electron chi connectivity index (χ3n) is 6.36. The highest BCUT2D eigenvalue weighted by Crippen LogP contribution is 2.20. The maximum atomic E-state index is 12.7. The fourth-order valence-corrected chi connectivity index (χ4v) is 4.31. The lowest BCUT2D eigenvalue weighted by Crippen LogP contribution is -2.42. The van der Waals surface area contributed by atoms with Crippen molar-refractivity contribution in [3.8, 4) is 0 Å². The summed E-state index contributed by atoms with van der Waals surface area (Å²) in [5.41, 5.74) is 2.19. The molecule has 9 heteroatoms. The van der Waals surface area contributed by atoms with Crippen LogP contribution in [0.2, 0.25) is 0 Å². The van der Waals surface area contributed by atoms with Crippen molar-refractivity contribution in [3.63, 3.8) is 0 Å². The van der Waals surface area contributed by atoms with Gasteiger partial charge < -0.3 is 24.7 Å². The van der Waals surface area contributed by atoms with Gasteiger partial charge in [-0.25, -0.2) is 0 Å². The zero-order chi connectivity index (χ0) is 23.8. The van der Waals surface area contributed by atoms with Crippen molar-refractivity contribution in [1.82, 2.24) is 15.1 Å². The summed E-state index contributed by atoms with van der Waals surface area (Å²) in [5.74, 6) is -0.201. The lowest BCUT2D eigenvalue weighted by atomic mass is 9.95. The largest absolute Gasteiger partial charge is 0.472 e.